The molecule has 0 spiro atoms. The first-order chi connectivity index (χ1) is 14.9. The molecule has 1 heterocycles. The minimum Gasteiger partial charge on any atom is -0.352 e. The van der Waals surface area contributed by atoms with E-state index < -0.39 is 0 Å². The van der Waals surface area contributed by atoms with Crippen LogP contribution in [0.15, 0.2) is 58.3 Å². The van der Waals surface area contributed by atoms with Crippen molar-refractivity contribution in [3.8, 4) is 0 Å². The van der Waals surface area contributed by atoms with Crippen LogP contribution in [-0.2, 0) is 9.59 Å². The first kappa shape index (κ1) is 21.6. The Balaban J connectivity index is 1.58. The van der Waals surface area contributed by atoms with Crippen LogP contribution in [0, 0.1) is 17.7 Å². The standard InChI is InChI=1S/C25H27FN2O2S/c1-16-8-7-11-20(17(16)2)27-24(29)15-28-21-12-5-6-13-22(21)31-23(25(28)30)14-18-9-3-4-10-19(18)26/h3-6,9-10,12-14,16-17,20H,7-8,11,15H2,1-2H3,(H,27,29)/b23-14-/t16-,17-,20-/m1/s1. The quantitative estimate of drug-likeness (QED) is 0.664. The number of thioether (sulfide) groups is 1. The van der Waals surface area contributed by atoms with E-state index in [1.807, 2.05) is 24.3 Å². The van der Waals surface area contributed by atoms with Gasteiger partial charge < -0.3 is 5.32 Å². The van der Waals surface area contributed by atoms with Crippen molar-refractivity contribution in [3.63, 3.8) is 0 Å². The average molecular weight is 439 g/mol. The third kappa shape index (κ3) is 4.69. The zero-order valence-electron chi connectivity index (χ0n) is 17.8. The van der Waals surface area contributed by atoms with Gasteiger partial charge in [-0.2, -0.15) is 0 Å². The molecule has 0 bridgehead atoms. The van der Waals surface area contributed by atoms with Crippen molar-refractivity contribution in [3.05, 3.63) is 64.8 Å². The topological polar surface area (TPSA) is 49.4 Å². The molecular weight excluding hydrogens is 411 g/mol. The highest BCUT2D eigenvalue weighted by Gasteiger charge is 2.33. The molecule has 3 atom stereocenters. The van der Waals surface area contributed by atoms with Crippen molar-refractivity contribution < 1.29 is 14.0 Å². The van der Waals surface area contributed by atoms with Crippen LogP contribution in [0.5, 0.6) is 0 Å². The normalized spacial score (nSPS) is 24.7. The number of benzene rings is 2. The zero-order valence-corrected chi connectivity index (χ0v) is 18.6. The molecule has 2 aromatic carbocycles. The summed E-state index contributed by atoms with van der Waals surface area (Å²) in [5.74, 6) is 0.155. The Kier molecular flexibility index (Phi) is 6.46. The van der Waals surface area contributed by atoms with Gasteiger partial charge in [0.1, 0.15) is 12.4 Å². The fraction of sp³-hybridized carbons (Fsp3) is 0.360. The fourth-order valence-corrected chi connectivity index (χ4v) is 5.38. The predicted molar refractivity (Wildman–Crippen MR) is 123 cm³/mol. The summed E-state index contributed by atoms with van der Waals surface area (Å²) in [5.41, 5.74) is 1.07. The van der Waals surface area contributed by atoms with Crippen LogP contribution < -0.4 is 10.2 Å². The SMILES string of the molecule is C[C@@H]1[C@H](C)CCC[C@H]1NC(=O)CN1C(=O)/C(=C/c2ccccc2F)Sc2ccccc21. The molecular formula is C25H27FN2O2S. The lowest BCUT2D eigenvalue weighted by molar-refractivity contribution is -0.123. The minimum absolute atomic E-state index is 0.0530. The number of carbonyl (C=O) groups excluding carboxylic acids is 2. The van der Waals surface area contributed by atoms with E-state index in [-0.39, 0.29) is 30.2 Å². The number of rotatable bonds is 4. The Morgan fingerprint density at radius 2 is 1.90 bits per heavy atom. The van der Waals surface area contributed by atoms with Crippen molar-refractivity contribution in [2.75, 3.05) is 11.4 Å². The Labute approximate surface area is 186 Å². The van der Waals surface area contributed by atoms with E-state index in [1.165, 1.54) is 29.1 Å². The summed E-state index contributed by atoms with van der Waals surface area (Å²) in [5, 5.41) is 3.15. The second kappa shape index (κ2) is 9.27. The number of carbonyl (C=O) groups is 2. The van der Waals surface area contributed by atoms with E-state index in [2.05, 4.69) is 19.2 Å². The third-order valence-electron chi connectivity index (χ3n) is 6.38. The van der Waals surface area contributed by atoms with Gasteiger partial charge in [0.05, 0.1) is 10.6 Å². The second-order valence-electron chi connectivity index (χ2n) is 8.43. The molecule has 1 fully saturated rings. The molecule has 2 aliphatic rings. The number of nitrogens with one attached hydrogen (secondary N) is 1. The van der Waals surface area contributed by atoms with Crippen LogP contribution in [0.1, 0.15) is 38.7 Å². The molecule has 162 valence electrons. The fourth-order valence-electron chi connectivity index (χ4n) is 4.33. The summed E-state index contributed by atoms with van der Waals surface area (Å²) in [6.07, 6.45) is 4.82. The van der Waals surface area contributed by atoms with Crippen molar-refractivity contribution >= 4 is 35.3 Å². The maximum Gasteiger partial charge on any atom is 0.265 e. The maximum atomic E-state index is 14.2. The lowest BCUT2D eigenvalue weighted by Gasteiger charge is -2.35. The van der Waals surface area contributed by atoms with Gasteiger partial charge in [0.25, 0.3) is 5.91 Å². The molecule has 1 aliphatic carbocycles. The van der Waals surface area contributed by atoms with Crippen molar-refractivity contribution in [2.45, 2.75) is 44.0 Å². The van der Waals surface area contributed by atoms with E-state index in [9.17, 15) is 14.0 Å². The van der Waals surface area contributed by atoms with Gasteiger partial charge >= 0.3 is 0 Å². The van der Waals surface area contributed by atoms with Crippen LogP contribution in [0.2, 0.25) is 0 Å². The number of hydrogen-bond acceptors (Lipinski definition) is 3. The summed E-state index contributed by atoms with van der Waals surface area (Å²) < 4.78 is 14.2. The third-order valence-corrected chi connectivity index (χ3v) is 7.46. The molecule has 0 radical (unpaired) electrons. The van der Waals surface area contributed by atoms with Crippen LogP contribution >= 0.6 is 11.8 Å². The Morgan fingerprint density at radius 3 is 2.71 bits per heavy atom. The molecule has 31 heavy (non-hydrogen) atoms. The van der Waals surface area contributed by atoms with Gasteiger partial charge in [-0.3, -0.25) is 14.5 Å². The molecule has 6 heteroatoms. The van der Waals surface area contributed by atoms with Crippen molar-refractivity contribution in [2.24, 2.45) is 11.8 Å². The number of amides is 2. The number of fused-ring (bicyclic) bond motifs is 1. The lowest BCUT2D eigenvalue weighted by atomic mass is 9.78. The highest BCUT2D eigenvalue weighted by Crippen LogP contribution is 2.42. The zero-order chi connectivity index (χ0) is 22.0. The molecule has 1 aliphatic heterocycles. The summed E-state index contributed by atoms with van der Waals surface area (Å²) in [7, 11) is 0. The van der Waals surface area contributed by atoms with E-state index in [0.717, 1.165) is 17.7 Å². The molecule has 0 unspecified atom stereocenters. The van der Waals surface area contributed by atoms with Gasteiger partial charge in [0, 0.05) is 16.5 Å². The van der Waals surface area contributed by atoms with Crippen LogP contribution in [0.4, 0.5) is 10.1 Å². The van der Waals surface area contributed by atoms with Crippen LogP contribution in [0.25, 0.3) is 6.08 Å². The minimum atomic E-state index is -0.382. The van der Waals surface area contributed by atoms with Crippen LogP contribution in [-0.4, -0.2) is 24.4 Å². The average Bonchev–Trinajstić information content (AvgIpc) is 2.76. The predicted octanol–water partition coefficient (Wildman–Crippen LogP) is 5.25. The second-order valence-corrected chi connectivity index (χ2v) is 9.52. The number of hydrogen-bond donors (Lipinski definition) is 1. The molecule has 0 aromatic heterocycles. The van der Waals surface area contributed by atoms with E-state index in [1.54, 1.807) is 24.3 Å². The highest BCUT2D eigenvalue weighted by molar-refractivity contribution is 8.04. The van der Waals surface area contributed by atoms with Gasteiger partial charge in [-0.15, -0.1) is 0 Å². The summed E-state index contributed by atoms with van der Waals surface area (Å²) in [6, 6.07) is 14.0. The molecule has 4 nitrogen and oxygen atoms in total. The van der Waals surface area contributed by atoms with Gasteiger partial charge in [-0.25, -0.2) is 4.39 Å². The Bertz CT molecular complexity index is 1020. The van der Waals surface area contributed by atoms with Gasteiger partial charge in [0.15, 0.2) is 0 Å². The first-order valence-electron chi connectivity index (χ1n) is 10.8. The van der Waals surface area contributed by atoms with Crippen molar-refractivity contribution in [1.82, 2.24) is 5.32 Å². The Hall–Kier alpha value is -2.60. The first-order valence-corrected chi connectivity index (χ1v) is 11.6. The summed E-state index contributed by atoms with van der Waals surface area (Å²) in [4.78, 5) is 29.0. The largest absolute Gasteiger partial charge is 0.352 e. The number of anilines is 1. The molecule has 2 amide bonds. The number of para-hydroxylation sites is 1. The van der Waals surface area contributed by atoms with Crippen LogP contribution in [0.3, 0.4) is 0 Å². The molecule has 1 saturated carbocycles. The number of halogens is 1. The molecule has 4 rings (SSSR count). The maximum absolute atomic E-state index is 14.2. The molecule has 2 aromatic rings. The van der Waals surface area contributed by atoms with E-state index in [4.69, 9.17) is 0 Å². The summed E-state index contributed by atoms with van der Waals surface area (Å²) >= 11 is 1.31. The smallest absolute Gasteiger partial charge is 0.265 e. The van der Waals surface area contributed by atoms with Gasteiger partial charge in [0.2, 0.25) is 5.91 Å². The Morgan fingerprint density at radius 1 is 1.16 bits per heavy atom. The van der Waals surface area contributed by atoms with Gasteiger partial charge in [-0.1, -0.05) is 68.8 Å². The monoisotopic (exact) mass is 438 g/mol. The van der Waals surface area contributed by atoms with E-state index >= 15 is 0 Å². The molecule has 0 saturated heterocycles. The van der Waals surface area contributed by atoms with Crippen molar-refractivity contribution in [1.29, 1.82) is 0 Å². The van der Waals surface area contributed by atoms with E-state index in [0.29, 0.717) is 28.0 Å². The number of nitrogens with zero attached hydrogens (tertiary/aromatic N) is 1. The van der Waals surface area contributed by atoms with Gasteiger partial charge in [-0.05, 0) is 42.5 Å². The summed E-state index contributed by atoms with van der Waals surface area (Å²) in [6.45, 7) is 4.36. The lowest BCUT2D eigenvalue weighted by Crippen LogP contribution is -2.49. The molecule has 1 N–H and O–H groups in total. The highest BCUT2D eigenvalue weighted by atomic mass is 32.2.